The number of thioether (sulfide) groups is 1. The monoisotopic (exact) mass is 512 g/mol. The molecule has 10 nitrogen and oxygen atoms in total. The lowest BCUT2D eigenvalue weighted by Gasteiger charge is -2.36. The van der Waals surface area contributed by atoms with Crippen molar-refractivity contribution in [2.45, 2.75) is 49.5 Å². The lowest BCUT2D eigenvalue weighted by molar-refractivity contribution is -0.245. The number of aryl methyl sites for hydroxylation is 1. The molecule has 0 radical (unpaired) electrons. The number of nitrogens with one attached hydrogen (secondary N) is 1. The van der Waals surface area contributed by atoms with Gasteiger partial charge in [-0.3, -0.25) is 9.59 Å². The van der Waals surface area contributed by atoms with Crippen LogP contribution in [0.1, 0.15) is 48.3 Å². The Balaban J connectivity index is 1.47. The maximum atomic E-state index is 11.9. The van der Waals surface area contributed by atoms with E-state index in [2.05, 4.69) is 15.5 Å². The normalized spacial score (nSPS) is 19.7. The summed E-state index contributed by atoms with van der Waals surface area (Å²) in [5.41, 5.74) is 3.19. The number of anilines is 1. The molecular weight excluding hydrogens is 484 g/mol. The Bertz CT molecular complexity index is 1170. The summed E-state index contributed by atoms with van der Waals surface area (Å²) < 4.78 is 14.5. The highest BCUT2D eigenvalue weighted by atomic mass is 32.2. The maximum Gasteiger partial charge on any atom is 0.303 e. The molecule has 2 heterocycles. The van der Waals surface area contributed by atoms with Crippen molar-refractivity contribution in [3.05, 3.63) is 71.5 Å². The van der Waals surface area contributed by atoms with Crippen LogP contribution in [0, 0.1) is 0 Å². The van der Waals surface area contributed by atoms with Crippen LogP contribution in [-0.2, 0) is 32.7 Å². The number of aliphatic hydroxyl groups excluding tert-OH is 1. The van der Waals surface area contributed by atoms with E-state index < -0.39 is 12.3 Å². The van der Waals surface area contributed by atoms with Gasteiger partial charge < -0.3 is 29.6 Å². The summed E-state index contributed by atoms with van der Waals surface area (Å²) in [6.07, 6.45) is 1.04. The lowest BCUT2D eigenvalue weighted by Crippen LogP contribution is -2.31. The molecule has 1 amide bonds. The van der Waals surface area contributed by atoms with Gasteiger partial charge in [0.05, 0.1) is 25.2 Å². The van der Waals surface area contributed by atoms with Gasteiger partial charge in [0.1, 0.15) is 6.33 Å². The highest BCUT2D eigenvalue weighted by Gasteiger charge is 2.32. The lowest BCUT2D eigenvalue weighted by atomic mass is 10.0. The highest BCUT2D eigenvalue weighted by Crippen LogP contribution is 2.39. The third-order valence-electron chi connectivity index (χ3n) is 5.72. The van der Waals surface area contributed by atoms with Gasteiger partial charge in [0.25, 0.3) is 0 Å². The van der Waals surface area contributed by atoms with Crippen LogP contribution in [0.4, 0.5) is 5.69 Å². The predicted octanol–water partition coefficient (Wildman–Crippen LogP) is 3.45. The molecule has 4 rings (SSSR count). The van der Waals surface area contributed by atoms with Crippen molar-refractivity contribution in [3.8, 4) is 0 Å². The first-order chi connectivity index (χ1) is 17.4. The van der Waals surface area contributed by atoms with Crippen molar-refractivity contribution in [3.63, 3.8) is 0 Å². The largest absolute Gasteiger partial charge is 0.481 e. The molecule has 190 valence electrons. The molecule has 0 bridgehead atoms. The first-order valence-electron chi connectivity index (χ1n) is 11.5. The van der Waals surface area contributed by atoms with E-state index in [1.807, 2.05) is 48.0 Å². The Morgan fingerprint density at radius 1 is 1.08 bits per heavy atom. The number of aliphatic hydroxyl groups is 1. The molecule has 1 aliphatic rings. The van der Waals surface area contributed by atoms with Crippen molar-refractivity contribution in [2.75, 3.05) is 11.1 Å². The second kappa shape index (κ2) is 12.1. The number of nitrogens with zero attached hydrogens (tertiary/aromatic N) is 3. The fourth-order valence-corrected chi connectivity index (χ4v) is 4.67. The summed E-state index contributed by atoms with van der Waals surface area (Å²) in [6, 6.07) is 14.8. The number of amides is 1. The molecule has 11 heteroatoms. The molecule has 3 N–H and O–H groups in total. The smallest absolute Gasteiger partial charge is 0.303 e. The van der Waals surface area contributed by atoms with E-state index in [-0.39, 0.29) is 37.6 Å². The minimum atomic E-state index is -1.01. The fraction of sp³-hybridized carbons (Fsp3) is 0.360. The molecule has 1 aromatic heterocycles. The highest BCUT2D eigenvalue weighted by molar-refractivity contribution is 7.99. The van der Waals surface area contributed by atoms with Gasteiger partial charge in [0, 0.05) is 36.9 Å². The number of hydrogen-bond acceptors (Lipinski definition) is 8. The van der Waals surface area contributed by atoms with E-state index in [0.717, 1.165) is 21.8 Å². The summed E-state index contributed by atoms with van der Waals surface area (Å²) in [6.45, 7) is -0.0201. The Labute approximate surface area is 212 Å². The average Bonchev–Trinajstić information content (AvgIpc) is 3.31. The number of aromatic nitrogens is 3. The Morgan fingerprint density at radius 2 is 1.81 bits per heavy atom. The predicted molar refractivity (Wildman–Crippen MR) is 132 cm³/mol. The number of rotatable bonds is 10. The van der Waals surface area contributed by atoms with Crippen LogP contribution in [0.5, 0.6) is 0 Å². The number of aliphatic carboxylic acids is 1. The SMILES string of the molecule is Cn1cnnc1SC[C@@H]1C[C@H](c2ccc(CO)cc2)O[C@H](c2ccc(NC(=O)CCC(=O)O)cc2)O1. The number of ether oxygens (including phenoxy) is 2. The quantitative estimate of drug-likeness (QED) is 0.349. The molecule has 1 saturated heterocycles. The van der Waals surface area contributed by atoms with Crippen LogP contribution in [0.15, 0.2) is 60.0 Å². The van der Waals surface area contributed by atoms with Crippen molar-refractivity contribution in [1.82, 2.24) is 14.8 Å². The van der Waals surface area contributed by atoms with Crippen molar-refractivity contribution in [1.29, 1.82) is 0 Å². The van der Waals surface area contributed by atoms with Gasteiger partial charge in [-0.2, -0.15) is 0 Å². The molecule has 0 saturated carbocycles. The van der Waals surface area contributed by atoms with E-state index in [9.17, 15) is 14.7 Å². The zero-order chi connectivity index (χ0) is 25.5. The van der Waals surface area contributed by atoms with Crippen LogP contribution < -0.4 is 5.32 Å². The number of carboxylic acid groups (broad SMARTS) is 1. The summed E-state index contributed by atoms with van der Waals surface area (Å²) in [5, 5.41) is 29.7. The molecule has 36 heavy (non-hydrogen) atoms. The van der Waals surface area contributed by atoms with E-state index >= 15 is 0 Å². The number of carbonyl (C=O) groups is 2. The van der Waals surface area contributed by atoms with Gasteiger partial charge in [-0.15, -0.1) is 10.2 Å². The number of carbonyl (C=O) groups excluding carboxylic acids is 1. The van der Waals surface area contributed by atoms with Gasteiger partial charge in [0.15, 0.2) is 11.4 Å². The molecular formula is C25H28N4O6S. The Hall–Kier alpha value is -3.25. The standard InChI is InChI=1S/C25H28N4O6S/c1-29-15-26-28-25(29)36-14-20-12-21(17-4-2-16(13-30)3-5-17)35-24(34-20)18-6-8-19(9-7-18)27-22(31)10-11-23(32)33/h2-9,15,20-21,24,30H,10-14H2,1H3,(H,27,31)(H,32,33)/t20-,21+,24+/m0/s1. The van der Waals surface area contributed by atoms with Gasteiger partial charge >= 0.3 is 5.97 Å². The first-order valence-corrected chi connectivity index (χ1v) is 12.5. The summed E-state index contributed by atoms with van der Waals surface area (Å²) in [5.74, 6) is -0.711. The molecule has 0 aliphatic carbocycles. The van der Waals surface area contributed by atoms with E-state index in [0.29, 0.717) is 17.9 Å². The first kappa shape index (κ1) is 25.8. The fourth-order valence-electron chi connectivity index (χ4n) is 3.76. The third-order valence-corrected chi connectivity index (χ3v) is 6.88. The number of benzene rings is 2. The molecule has 0 spiro atoms. The van der Waals surface area contributed by atoms with E-state index in [4.69, 9.17) is 14.6 Å². The van der Waals surface area contributed by atoms with Gasteiger partial charge in [0.2, 0.25) is 5.91 Å². The zero-order valence-corrected chi connectivity index (χ0v) is 20.6. The second-order valence-electron chi connectivity index (χ2n) is 8.45. The minimum absolute atomic E-state index is 0.0201. The molecule has 2 aromatic carbocycles. The summed E-state index contributed by atoms with van der Waals surface area (Å²) in [7, 11) is 1.89. The van der Waals surface area contributed by atoms with Crippen molar-refractivity contribution in [2.24, 2.45) is 7.05 Å². The van der Waals surface area contributed by atoms with Crippen LogP contribution in [0.25, 0.3) is 0 Å². The molecule has 1 fully saturated rings. The van der Waals surface area contributed by atoms with Crippen LogP contribution >= 0.6 is 11.8 Å². The topological polar surface area (TPSA) is 136 Å². The van der Waals surface area contributed by atoms with Gasteiger partial charge in [-0.05, 0) is 23.3 Å². The Kier molecular flexibility index (Phi) is 8.70. The van der Waals surface area contributed by atoms with E-state index in [1.54, 1.807) is 30.2 Å². The van der Waals surface area contributed by atoms with Gasteiger partial charge in [-0.25, -0.2) is 0 Å². The van der Waals surface area contributed by atoms with Gasteiger partial charge in [-0.1, -0.05) is 48.2 Å². The molecule has 3 atom stereocenters. The second-order valence-corrected chi connectivity index (χ2v) is 9.44. The van der Waals surface area contributed by atoms with Crippen LogP contribution in [0.3, 0.4) is 0 Å². The van der Waals surface area contributed by atoms with Crippen LogP contribution in [0.2, 0.25) is 0 Å². The molecule has 3 aromatic rings. The van der Waals surface area contributed by atoms with Crippen molar-refractivity contribution < 1.29 is 29.3 Å². The van der Waals surface area contributed by atoms with Crippen LogP contribution in [-0.4, -0.2) is 48.7 Å². The minimum Gasteiger partial charge on any atom is -0.481 e. The average molecular weight is 513 g/mol. The zero-order valence-electron chi connectivity index (χ0n) is 19.7. The van der Waals surface area contributed by atoms with E-state index in [1.165, 1.54) is 0 Å². The summed E-state index contributed by atoms with van der Waals surface area (Å²) >= 11 is 1.56. The molecule has 1 aliphatic heterocycles. The Morgan fingerprint density at radius 3 is 2.44 bits per heavy atom. The number of hydrogen-bond donors (Lipinski definition) is 3. The number of carboxylic acids is 1. The van der Waals surface area contributed by atoms with Crippen molar-refractivity contribution >= 4 is 29.3 Å². The molecule has 0 unspecified atom stereocenters. The third kappa shape index (κ3) is 6.91. The summed E-state index contributed by atoms with van der Waals surface area (Å²) in [4.78, 5) is 22.6. The maximum absolute atomic E-state index is 11.9.